The van der Waals surface area contributed by atoms with Crippen molar-refractivity contribution in [3.05, 3.63) is 35.4 Å². The maximum absolute atomic E-state index is 13.2. The molecule has 0 radical (unpaired) electrons. The van der Waals surface area contributed by atoms with Crippen LogP contribution in [-0.2, 0) is 16.0 Å². The van der Waals surface area contributed by atoms with Gasteiger partial charge in [-0.05, 0) is 11.6 Å². The minimum atomic E-state index is -1.28. The van der Waals surface area contributed by atoms with E-state index in [1.807, 2.05) is 5.32 Å². The summed E-state index contributed by atoms with van der Waals surface area (Å²) in [5.74, 6) is -2.86. The highest BCUT2D eigenvalue weighted by Crippen LogP contribution is 2.11. The van der Waals surface area contributed by atoms with E-state index in [4.69, 9.17) is 5.11 Å². The predicted molar refractivity (Wildman–Crippen MR) is 50.7 cm³/mol. The molecule has 0 aliphatic rings. The SMILES string of the molecule is O=CNC(Cc1ccc(F)cc1F)C(=O)O. The summed E-state index contributed by atoms with van der Waals surface area (Å²) in [5, 5.41) is 10.7. The molecule has 0 fully saturated rings. The van der Waals surface area contributed by atoms with Gasteiger partial charge in [0.2, 0.25) is 6.41 Å². The van der Waals surface area contributed by atoms with E-state index in [1.165, 1.54) is 0 Å². The molecule has 1 aromatic rings. The van der Waals surface area contributed by atoms with Crippen molar-refractivity contribution >= 4 is 12.4 Å². The highest BCUT2D eigenvalue weighted by Gasteiger charge is 2.18. The zero-order valence-electron chi connectivity index (χ0n) is 8.11. The third kappa shape index (κ3) is 3.01. The number of carboxylic acid groups (broad SMARTS) is 1. The number of carbonyl (C=O) groups excluding carboxylic acids is 1. The van der Waals surface area contributed by atoms with E-state index in [1.54, 1.807) is 0 Å². The summed E-state index contributed by atoms with van der Waals surface area (Å²) in [7, 11) is 0. The molecule has 1 unspecified atom stereocenters. The van der Waals surface area contributed by atoms with Gasteiger partial charge in [0.15, 0.2) is 0 Å². The first kappa shape index (κ1) is 12.1. The van der Waals surface area contributed by atoms with E-state index in [0.717, 1.165) is 12.1 Å². The Morgan fingerprint density at radius 2 is 2.19 bits per heavy atom. The molecule has 1 atom stereocenters. The average molecular weight is 229 g/mol. The van der Waals surface area contributed by atoms with Gasteiger partial charge >= 0.3 is 5.97 Å². The molecule has 4 nitrogen and oxygen atoms in total. The lowest BCUT2D eigenvalue weighted by molar-refractivity contribution is -0.140. The Morgan fingerprint density at radius 3 is 2.69 bits per heavy atom. The monoisotopic (exact) mass is 229 g/mol. The molecule has 0 heterocycles. The first-order chi connectivity index (χ1) is 7.54. The van der Waals surface area contributed by atoms with Gasteiger partial charge < -0.3 is 10.4 Å². The lowest BCUT2D eigenvalue weighted by atomic mass is 10.1. The smallest absolute Gasteiger partial charge is 0.326 e. The Kier molecular flexibility index (Phi) is 3.93. The molecule has 0 saturated carbocycles. The molecule has 0 spiro atoms. The van der Waals surface area contributed by atoms with Crippen molar-refractivity contribution in [1.29, 1.82) is 0 Å². The molecule has 16 heavy (non-hydrogen) atoms. The van der Waals surface area contributed by atoms with Gasteiger partial charge in [-0.25, -0.2) is 13.6 Å². The standard InChI is InChI=1S/C10H9F2NO3/c11-7-2-1-6(8(12)4-7)3-9(10(15)16)13-5-14/h1-2,4-5,9H,3H2,(H,13,14)(H,15,16). The molecule has 0 aliphatic heterocycles. The molecule has 86 valence electrons. The third-order valence-corrected chi connectivity index (χ3v) is 2.01. The molecule has 1 aromatic carbocycles. The average Bonchev–Trinajstić information content (AvgIpc) is 2.20. The number of nitrogens with one attached hydrogen (secondary N) is 1. The van der Waals surface area contributed by atoms with E-state index in [-0.39, 0.29) is 18.4 Å². The van der Waals surface area contributed by atoms with E-state index in [0.29, 0.717) is 6.07 Å². The zero-order valence-corrected chi connectivity index (χ0v) is 8.11. The number of rotatable bonds is 5. The van der Waals surface area contributed by atoms with Gasteiger partial charge in [0.05, 0.1) is 0 Å². The van der Waals surface area contributed by atoms with Gasteiger partial charge in [0.1, 0.15) is 17.7 Å². The van der Waals surface area contributed by atoms with Gasteiger partial charge in [-0.15, -0.1) is 0 Å². The fraction of sp³-hybridized carbons (Fsp3) is 0.200. The number of carboxylic acids is 1. The fourth-order valence-electron chi connectivity index (χ4n) is 1.21. The summed E-state index contributed by atoms with van der Waals surface area (Å²) in [4.78, 5) is 20.8. The maximum atomic E-state index is 13.2. The Bertz CT molecular complexity index is 409. The Labute approximate surface area is 89.9 Å². The number of carbonyl (C=O) groups is 2. The maximum Gasteiger partial charge on any atom is 0.326 e. The third-order valence-electron chi connectivity index (χ3n) is 2.01. The van der Waals surface area contributed by atoms with E-state index >= 15 is 0 Å². The van der Waals surface area contributed by atoms with Gasteiger partial charge in [-0.1, -0.05) is 6.07 Å². The van der Waals surface area contributed by atoms with Crippen molar-refractivity contribution in [1.82, 2.24) is 5.32 Å². The molecular formula is C10H9F2NO3. The Balaban J connectivity index is 2.84. The lowest BCUT2D eigenvalue weighted by Crippen LogP contribution is -2.37. The van der Waals surface area contributed by atoms with Crippen molar-refractivity contribution in [2.75, 3.05) is 0 Å². The van der Waals surface area contributed by atoms with Crippen molar-refractivity contribution in [2.45, 2.75) is 12.5 Å². The van der Waals surface area contributed by atoms with E-state index < -0.39 is 23.6 Å². The van der Waals surface area contributed by atoms with E-state index in [2.05, 4.69) is 0 Å². The zero-order chi connectivity index (χ0) is 12.1. The number of halogens is 2. The Morgan fingerprint density at radius 1 is 1.50 bits per heavy atom. The second kappa shape index (κ2) is 5.20. The summed E-state index contributed by atoms with van der Waals surface area (Å²) in [6.45, 7) is 0. The van der Waals surface area contributed by atoms with Gasteiger partial charge in [-0.2, -0.15) is 0 Å². The lowest BCUT2D eigenvalue weighted by Gasteiger charge is -2.11. The minimum Gasteiger partial charge on any atom is -0.480 e. The summed E-state index contributed by atoms with van der Waals surface area (Å²) in [6, 6.07) is 1.61. The molecule has 0 saturated heterocycles. The van der Waals surface area contributed by atoms with Crippen LogP contribution in [0.4, 0.5) is 8.78 Å². The first-order valence-electron chi connectivity index (χ1n) is 4.41. The van der Waals surface area contributed by atoms with Crippen molar-refractivity contribution in [2.24, 2.45) is 0 Å². The quantitative estimate of drug-likeness (QED) is 0.730. The second-order valence-electron chi connectivity index (χ2n) is 3.12. The second-order valence-corrected chi connectivity index (χ2v) is 3.12. The van der Waals surface area contributed by atoms with Crippen LogP contribution in [-0.4, -0.2) is 23.5 Å². The number of aliphatic carboxylic acids is 1. The number of hydrogen-bond donors (Lipinski definition) is 2. The van der Waals surface area contributed by atoms with Crippen LogP contribution >= 0.6 is 0 Å². The molecule has 1 rings (SSSR count). The van der Waals surface area contributed by atoms with Crippen LogP contribution < -0.4 is 5.32 Å². The van der Waals surface area contributed by atoms with Crippen LogP contribution in [0, 0.1) is 11.6 Å². The van der Waals surface area contributed by atoms with Crippen LogP contribution in [0.2, 0.25) is 0 Å². The summed E-state index contributed by atoms with van der Waals surface area (Å²) in [5.41, 5.74) is 0.0307. The van der Waals surface area contributed by atoms with Crippen LogP contribution in [0.3, 0.4) is 0 Å². The Hall–Kier alpha value is -1.98. The molecule has 0 bridgehead atoms. The highest BCUT2D eigenvalue weighted by molar-refractivity contribution is 5.76. The normalized spacial score (nSPS) is 11.9. The van der Waals surface area contributed by atoms with Gasteiger partial charge in [-0.3, -0.25) is 4.79 Å². The van der Waals surface area contributed by atoms with Crippen molar-refractivity contribution < 1.29 is 23.5 Å². The minimum absolute atomic E-state index is 0.0307. The molecule has 0 aromatic heterocycles. The highest BCUT2D eigenvalue weighted by atomic mass is 19.1. The van der Waals surface area contributed by atoms with Gasteiger partial charge in [0, 0.05) is 12.5 Å². The largest absolute Gasteiger partial charge is 0.480 e. The first-order valence-corrected chi connectivity index (χ1v) is 4.41. The topological polar surface area (TPSA) is 66.4 Å². The van der Waals surface area contributed by atoms with E-state index in [9.17, 15) is 18.4 Å². The predicted octanol–water partition coefficient (Wildman–Crippen LogP) is 0.706. The number of amides is 1. The molecular weight excluding hydrogens is 220 g/mol. The van der Waals surface area contributed by atoms with Crippen LogP contribution in [0.1, 0.15) is 5.56 Å². The van der Waals surface area contributed by atoms with Crippen molar-refractivity contribution in [3.8, 4) is 0 Å². The summed E-state index contributed by atoms with van der Waals surface area (Å²) >= 11 is 0. The van der Waals surface area contributed by atoms with Gasteiger partial charge in [0.25, 0.3) is 0 Å². The summed E-state index contributed by atoms with van der Waals surface area (Å²) < 4.78 is 25.7. The number of benzene rings is 1. The van der Waals surface area contributed by atoms with Crippen LogP contribution in [0.5, 0.6) is 0 Å². The molecule has 2 N–H and O–H groups in total. The molecule has 6 heteroatoms. The number of hydrogen-bond acceptors (Lipinski definition) is 2. The van der Waals surface area contributed by atoms with Crippen LogP contribution in [0.15, 0.2) is 18.2 Å². The molecule has 1 amide bonds. The summed E-state index contributed by atoms with van der Waals surface area (Å²) in [6.07, 6.45) is -0.0135. The fourth-order valence-corrected chi connectivity index (χ4v) is 1.21. The van der Waals surface area contributed by atoms with Crippen molar-refractivity contribution in [3.63, 3.8) is 0 Å². The molecule has 0 aliphatic carbocycles. The van der Waals surface area contributed by atoms with Crippen LogP contribution in [0.25, 0.3) is 0 Å².